The Bertz CT molecular complexity index is 573. The Hall–Kier alpha value is -1.59. The number of hydrogen-bond donors (Lipinski definition) is 3. The maximum absolute atomic E-state index is 12.4. The van der Waals surface area contributed by atoms with Crippen LogP contribution in [0.2, 0.25) is 0 Å². The molecule has 1 aliphatic rings. The van der Waals surface area contributed by atoms with Crippen molar-refractivity contribution in [2.24, 2.45) is 17.6 Å². The van der Waals surface area contributed by atoms with E-state index in [0.717, 1.165) is 12.8 Å². The molecule has 4 N–H and O–H groups in total. The first-order chi connectivity index (χ1) is 10.4. The number of carbonyl (C=O) groups excluding carboxylic acids is 2. The van der Waals surface area contributed by atoms with Gasteiger partial charge in [-0.05, 0) is 43.9 Å². The van der Waals surface area contributed by atoms with Crippen molar-refractivity contribution in [1.82, 2.24) is 5.32 Å². The Morgan fingerprint density at radius 3 is 2.52 bits per heavy atom. The molecule has 5 nitrogen and oxygen atoms in total. The molecule has 0 saturated heterocycles. The Morgan fingerprint density at radius 1 is 1.35 bits per heavy atom. The summed E-state index contributed by atoms with van der Waals surface area (Å²) in [4.78, 5) is 24.2. The Kier molecular flexibility index (Phi) is 6.59. The topological polar surface area (TPSA) is 84.2 Å². The van der Waals surface area contributed by atoms with Crippen molar-refractivity contribution in [2.45, 2.75) is 39.2 Å². The zero-order valence-corrected chi connectivity index (χ0v) is 14.7. The molecule has 0 spiro atoms. The zero-order chi connectivity index (χ0) is 16.3. The number of amides is 2. The molecule has 1 atom stereocenters. The highest BCUT2D eigenvalue weighted by Gasteiger charge is 2.30. The molecule has 2 amide bonds. The molecule has 0 aliphatic heterocycles. The second-order valence-electron chi connectivity index (χ2n) is 6.57. The first-order valence-corrected chi connectivity index (χ1v) is 7.79. The average Bonchev–Trinajstić information content (AvgIpc) is 3.31. The molecular weight excluding hydrogens is 314 g/mol. The van der Waals surface area contributed by atoms with Gasteiger partial charge in [0.25, 0.3) is 5.91 Å². The summed E-state index contributed by atoms with van der Waals surface area (Å²) in [5, 5.41) is 5.85. The van der Waals surface area contributed by atoms with Crippen molar-refractivity contribution < 1.29 is 9.59 Å². The molecule has 0 heterocycles. The van der Waals surface area contributed by atoms with Gasteiger partial charge >= 0.3 is 0 Å². The van der Waals surface area contributed by atoms with Crippen LogP contribution in [-0.4, -0.2) is 23.9 Å². The van der Waals surface area contributed by atoms with E-state index in [1.54, 1.807) is 24.3 Å². The highest BCUT2D eigenvalue weighted by Crippen LogP contribution is 2.30. The van der Waals surface area contributed by atoms with Crippen molar-refractivity contribution in [3.05, 3.63) is 29.8 Å². The van der Waals surface area contributed by atoms with Crippen LogP contribution in [0.3, 0.4) is 0 Å². The molecule has 6 heteroatoms. The summed E-state index contributed by atoms with van der Waals surface area (Å²) in [6, 6.07) is 7.00. The Morgan fingerprint density at radius 2 is 2.00 bits per heavy atom. The number of nitrogens with two attached hydrogens (primary N) is 1. The summed E-state index contributed by atoms with van der Waals surface area (Å²) in [6.45, 7) is 6.36. The van der Waals surface area contributed by atoms with E-state index in [2.05, 4.69) is 10.6 Å². The van der Waals surface area contributed by atoms with Crippen LogP contribution in [-0.2, 0) is 4.79 Å². The second-order valence-corrected chi connectivity index (χ2v) is 6.57. The number of nitrogens with one attached hydrogen (secondary N) is 2. The summed E-state index contributed by atoms with van der Waals surface area (Å²) < 4.78 is 0. The number of anilines is 1. The quantitative estimate of drug-likeness (QED) is 0.744. The van der Waals surface area contributed by atoms with E-state index in [4.69, 9.17) is 5.73 Å². The van der Waals surface area contributed by atoms with E-state index >= 15 is 0 Å². The number of rotatable bonds is 6. The SMILES string of the molecule is CC(C)C(C)(CN)NC(=O)c1cccc(NC(=O)C2CC2)c1.Cl. The van der Waals surface area contributed by atoms with Crippen LogP contribution in [0.1, 0.15) is 44.0 Å². The van der Waals surface area contributed by atoms with Gasteiger partial charge in [0.15, 0.2) is 0 Å². The van der Waals surface area contributed by atoms with Gasteiger partial charge < -0.3 is 16.4 Å². The molecule has 1 aromatic carbocycles. The van der Waals surface area contributed by atoms with Gasteiger partial charge in [0.1, 0.15) is 0 Å². The van der Waals surface area contributed by atoms with Gasteiger partial charge in [0, 0.05) is 23.7 Å². The predicted molar refractivity (Wildman–Crippen MR) is 94.8 cm³/mol. The van der Waals surface area contributed by atoms with Gasteiger partial charge in [0.2, 0.25) is 5.91 Å². The van der Waals surface area contributed by atoms with Crippen molar-refractivity contribution in [3.8, 4) is 0 Å². The van der Waals surface area contributed by atoms with Gasteiger partial charge in [-0.15, -0.1) is 12.4 Å². The summed E-state index contributed by atoms with van der Waals surface area (Å²) in [6.07, 6.45) is 1.91. The minimum atomic E-state index is -0.454. The van der Waals surface area contributed by atoms with Crippen LogP contribution in [0.15, 0.2) is 24.3 Å². The fourth-order valence-corrected chi connectivity index (χ4v) is 2.09. The van der Waals surface area contributed by atoms with Crippen LogP contribution < -0.4 is 16.4 Å². The highest BCUT2D eigenvalue weighted by atomic mass is 35.5. The van der Waals surface area contributed by atoms with E-state index in [-0.39, 0.29) is 36.1 Å². The van der Waals surface area contributed by atoms with Crippen LogP contribution in [0.4, 0.5) is 5.69 Å². The smallest absolute Gasteiger partial charge is 0.251 e. The highest BCUT2D eigenvalue weighted by molar-refractivity contribution is 5.98. The zero-order valence-electron chi connectivity index (χ0n) is 13.9. The normalized spacial score (nSPS) is 16.2. The molecule has 1 fully saturated rings. The van der Waals surface area contributed by atoms with Crippen molar-refractivity contribution in [3.63, 3.8) is 0 Å². The summed E-state index contributed by atoms with van der Waals surface area (Å²) >= 11 is 0. The van der Waals surface area contributed by atoms with E-state index in [1.165, 1.54) is 0 Å². The average molecular weight is 340 g/mol. The summed E-state index contributed by atoms with van der Waals surface area (Å²) in [5.74, 6) is 0.217. The van der Waals surface area contributed by atoms with E-state index in [0.29, 0.717) is 17.8 Å². The molecule has 0 bridgehead atoms. The van der Waals surface area contributed by atoms with Gasteiger partial charge in [-0.3, -0.25) is 9.59 Å². The van der Waals surface area contributed by atoms with Crippen LogP contribution in [0, 0.1) is 11.8 Å². The summed E-state index contributed by atoms with van der Waals surface area (Å²) in [7, 11) is 0. The van der Waals surface area contributed by atoms with Gasteiger partial charge in [-0.25, -0.2) is 0 Å². The number of hydrogen-bond acceptors (Lipinski definition) is 3. The largest absolute Gasteiger partial charge is 0.345 e. The maximum Gasteiger partial charge on any atom is 0.251 e. The molecule has 23 heavy (non-hydrogen) atoms. The molecule has 0 aromatic heterocycles. The van der Waals surface area contributed by atoms with Crippen LogP contribution >= 0.6 is 12.4 Å². The predicted octanol–water partition coefficient (Wildman–Crippen LogP) is 2.56. The minimum absolute atomic E-state index is 0. The van der Waals surface area contributed by atoms with Crippen molar-refractivity contribution in [2.75, 3.05) is 11.9 Å². The molecule has 2 rings (SSSR count). The van der Waals surface area contributed by atoms with Crippen LogP contribution in [0.25, 0.3) is 0 Å². The van der Waals surface area contributed by atoms with Crippen molar-refractivity contribution >= 4 is 29.9 Å². The molecule has 1 unspecified atom stereocenters. The number of benzene rings is 1. The third-order valence-electron chi connectivity index (χ3n) is 4.44. The number of carbonyl (C=O) groups is 2. The minimum Gasteiger partial charge on any atom is -0.345 e. The standard InChI is InChI=1S/C17H25N3O2.ClH/c1-11(2)17(3,10-18)20-16(22)13-5-4-6-14(9-13)19-15(21)12-7-8-12;/h4-6,9,11-12H,7-8,10,18H2,1-3H3,(H,19,21)(H,20,22);1H. The summed E-state index contributed by atoms with van der Waals surface area (Å²) in [5.41, 5.74) is 6.52. The third-order valence-corrected chi connectivity index (χ3v) is 4.44. The molecule has 0 radical (unpaired) electrons. The van der Waals surface area contributed by atoms with E-state index in [9.17, 15) is 9.59 Å². The first-order valence-electron chi connectivity index (χ1n) is 7.79. The molecule has 1 saturated carbocycles. The lowest BCUT2D eigenvalue weighted by molar-refractivity contribution is -0.117. The van der Waals surface area contributed by atoms with E-state index in [1.807, 2.05) is 20.8 Å². The first kappa shape index (κ1) is 19.5. The Balaban J connectivity index is 0.00000264. The molecule has 128 valence electrons. The maximum atomic E-state index is 12.4. The molecular formula is C17H26ClN3O2. The molecule has 1 aliphatic carbocycles. The number of halogens is 1. The monoisotopic (exact) mass is 339 g/mol. The lowest BCUT2D eigenvalue weighted by Crippen LogP contribution is -2.55. The lowest BCUT2D eigenvalue weighted by Gasteiger charge is -2.33. The van der Waals surface area contributed by atoms with Gasteiger partial charge in [-0.2, -0.15) is 0 Å². The Labute approximate surface area is 143 Å². The third kappa shape index (κ3) is 4.94. The van der Waals surface area contributed by atoms with Crippen LogP contribution in [0.5, 0.6) is 0 Å². The fraction of sp³-hybridized carbons (Fsp3) is 0.529. The second kappa shape index (κ2) is 7.79. The fourth-order valence-electron chi connectivity index (χ4n) is 2.09. The van der Waals surface area contributed by atoms with Gasteiger partial charge in [0.05, 0.1) is 5.54 Å². The van der Waals surface area contributed by atoms with Crippen molar-refractivity contribution in [1.29, 1.82) is 0 Å². The lowest BCUT2D eigenvalue weighted by atomic mass is 9.88. The van der Waals surface area contributed by atoms with Gasteiger partial charge in [-0.1, -0.05) is 19.9 Å². The van der Waals surface area contributed by atoms with E-state index < -0.39 is 5.54 Å². The molecule has 1 aromatic rings.